The minimum atomic E-state index is 0. The molecule has 1 aliphatic carbocycles. The molecule has 6 nitrogen and oxygen atoms in total. The van der Waals surface area contributed by atoms with Crippen LogP contribution in [0.4, 0.5) is 0 Å². The Bertz CT molecular complexity index is 700. The number of halogens is 1. The third-order valence-corrected chi connectivity index (χ3v) is 6.51. The molecule has 1 saturated heterocycles. The molecule has 0 radical (unpaired) electrons. The number of benzene rings is 1. The maximum atomic E-state index is 12.0. The highest BCUT2D eigenvalue weighted by Crippen LogP contribution is 2.27. The molecule has 1 heterocycles. The summed E-state index contributed by atoms with van der Waals surface area (Å²) in [5.41, 5.74) is 1.85. The lowest BCUT2D eigenvalue weighted by Gasteiger charge is -2.31. The second-order valence-electron chi connectivity index (χ2n) is 9.00. The first-order valence-electron chi connectivity index (χ1n) is 11.6. The van der Waals surface area contributed by atoms with Crippen molar-refractivity contribution in [1.29, 1.82) is 0 Å². The van der Waals surface area contributed by atoms with Gasteiger partial charge in [-0.2, -0.15) is 0 Å². The van der Waals surface area contributed by atoms with Gasteiger partial charge in [-0.15, -0.1) is 24.0 Å². The van der Waals surface area contributed by atoms with Crippen LogP contribution in [0, 0.1) is 5.92 Å². The molecule has 1 amide bonds. The fourth-order valence-electron chi connectivity index (χ4n) is 4.71. The molecule has 0 bridgehead atoms. The van der Waals surface area contributed by atoms with Gasteiger partial charge >= 0.3 is 0 Å². The molecule has 31 heavy (non-hydrogen) atoms. The molecule has 1 saturated carbocycles. The Hall–Kier alpha value is -1.35. The van der Waals surface area contributed by atoms with E-state index < -0.39 is 0 Å². The summed E-state index contributed by atoms with van der Waals surface area (Å²) in [5.74, 6) is 1.77. The lowest BCUT2D eigenvalue weighted by atomic mass is 9.89. The third kappa shape index (κ3) is 7.93. The van der Waals surface area contributed by atoms with Gasteiger partial charge in [0, 0.05) is 52.4 Å². The molecule has 174 valence electrons. The molecular weight excluding hydrogens is 501 g/mol. The molecule has 1 atom stereocenters. The molecule has 1 aromatic rings. The van der Waals surface area contributed by atoms with Gasteiger partial charge in [0.25, 0.3) is 5.91 Å². The highest BCUT2D eigenvalue weighted by Gasteiger charge is 2.27. The Morgan fingerprint density at radius 2 is 1.77 bits per heavy atom. The van der Waals surface area contributed by atoms with E-state index in [9.17, 15) is 4.79 Å². The van der Waals surface area contributed by atoms with E-state index in [0.717, 1.165) is 24.0 Å². The van der Waals surface area contributed by atoms with Crippen LogP contribution in [0.1, 0.15) is 60.9 Å². The first kappa shape index (κ1) is 25.9. The van der Waals surface area contributed by atoms with Crippen LogP contribution in [0.15, 0.2) is 29.3 Å². The van der Waals surface area contributed by atoms with E-state index >= 15 is 0 Å². The third-order valence-electron chi connectivity index (χ3n) is 6.51. The van der Waals surface area contributed by atoms with Crippen molar-refractivity contribution in [1.82, 2.24) is 20.4 Å². The number of carbonyl (C=O) groups excluding carboxylic acids is 1. The number of hydrogen-bond acceptors (Lipinski definition) is 3. The minimum absolute atomic E-state index is 0. The Morgan fingerprint density at radius 1 is 1.06 bits per heavy atom. The van der Waals surface area contributed by atoms with Crippen molar-refractivity contribution in [2.24, 2.45) is 10.9 Å². The van der Waals surface area contributed by atoms with Crippen molar-refractivity contribution in [2.45, 2.75) is 57.5 Å². The average molecular weight is 542 g/mol. The maximum absolute atomic E-state index is 12.0. The van der Waals surface area contributed by atoms with E-state index in [4.69, 9.17) is 0 Å². The van der Waals surface area contributed by atoms with Crippen LogP contribution in [0.2, 0.25) is 0 Å². The molecule has 0 spiro atoms. The molecule has 2 N–H and O–H groups in total. The number of nitrogens with one attached hydrogen (secondary N) is 2. The predicted molar refractivity (Wildman–Crippen MR) is 139 cm³/mol. The second-order valence-corrected chi connectivity index (χ2v) is 9.00. The first-order valence-corrected chi connectivity index (χ1v) is 11.6. The number of hydrogen-bond donors (Lipinski definition) is 2. The number of rotatable bonds is 7. The molecule has 1 unspecified atom stereocenters. The van der Waals surface area contributed by atoms with E-state index in [1.54, 1.807) is 19.0 Å². The van der Waals surface area contributed by atoms with Crippen LogP contribution in [-0.2, 0) is 6.54 Å². The molecular formula is C24H40IN5O. The summed E-state index contributed by atoms with van der Waals surface area (Å²) in [7, 11) is 5.37. The number of guanidine groups is 1. The van der Waals surface area contributed by atoms with Gasteiger partial charge in [0.2, 0.25) is 0 Å². The normalized spacial score (nSPS) is 20.2. The predicted octanol–water partition coefficient (Wildman–Crippen LogP) is 3.72. The van der Waals surface area contributed by atoms with Crippen molar-refractivity contribution < 1.29 is 4.79 Å². The van der Waals surface area contributed by atoms with Gasteiger partial charge in [0.05, 0.1) is 0 Å². The smallest absolute Gasteiger partial charge is 0.253 e. The van der Waals surface area contributed by atoms with Crippen molar-refractivity contribution in [2.75, 3.05) is 40.8 Å². The Kier molecular flexibility index (Phi) is 11.1. The fraction of sp³-hybridized carbons (Fsp3) is 0.667. The van der Waals surface area contributed by atoms with Crippen LogP contribution in [0.3, 0.4) is 0 Å². The SMILES string of the molecule is CN=C(NCc1ccc(C(=O)N(C)C)cc1)NCC1CCCN1CC1CCCCC1.I. The average Bonchev–Trinajstić information content (AvgIpc) is 3.21. The van der Waals surface area contributed by atoms with E-state index in [0.29, 0.717) is 18.2 Å². The van der Waals surface area contributed by atoms with Crippen LogP contribution < -0.4 is 10.6 Å². The summed E-state index contributed by atoms with van der Waals surface area (Å²) < 4.78 is 0. The van der Waals surface area contributed by atoms with Crippen molar-refractivity contribution in [3.05, 3.63) is 35.4 Å². The van der Waals surface area contributed by atoms with E-state index in [-0.39, 0.29) is 29.9 Å². The number of carbonyl (C=O) groups is 1. The summed E-state index contributed by atoms with van der Waals surface area (Å²) in [5, 5.41) is 6.93. The summed E-state index contributed by atoms with van der Waals surface area (Å²) in [6.45, 7) is 4.15. The second kappa shape index (κ2) is 13.3. The molecule has 1 aliphatic heterocycles. The zero-order chi connectivity index (χ0) is 21.3. The Balaban J connectivity index is 0.00000341. The topological polar surface area (TPSA) is 60.0 Å². The standard InChI is InChI=1S/C24H39N5O.HI/c1-25-24(26-16-19-11-13-21(14-12-19)23(30)28(2)3)27-17-22-10-7-15-29(22)18-20-8-5-4-6-9-20;/h11-14,20,22H,4-10,15-18H2,1-3H3,(H2,25,26,27);1H. The summed E-state index contributed by atoms with van der Waals surface area (Å²) in [6.07, 6.45) is 9.68. The maximum Gasteiger partial charge on any atom is 0.253 e. The summed E-state index contributed by atoms with van der Waals surface area (Å²) in [4.78, 5) is 20.7. The van der Waals surface area contributed by atoms with E-state index in [1.165, 1.54) is 58.0 Å². The van der Waals surface area contributed by atoms with Crippen molar-refractivity contribution in [3.63, 3.8) is 0 Å². The zero-order valence-corrected chi connectivity index (χ0v) is 21.7. The lowest BCUT2D eigenvalue weighted by molar-refractivity contribution is 0.0827. The van der Waals surface area contributed by atoms with E-state index in [2.05, 4.69) is 20.5 Å². The van der Waals surface area contributed by atoms with Gasteiger partial charge in [-0.25, -0.2) is 0 Å². The van der Waals surface area contributed by atoms with Crippen molar-refractivity contribution in [3.8, 4) is 0 Å². The van der Waals surface area contributed by atoms with Gasteiger partial charge < -0.3 is 15.5 Å². The molecule has 7 heteroatoms. The van der Waals surface area contributed by atoms with Crippen molar-refractivity contribution >= 4 is 35.8 Å². The zero-order valence-electron chi connectivity index (χ0n) is 19.4. The van der Waals surface area contributed by atoms with Crippen LogP contribution in [0.25, 0.3) is 0 Å². The summed E-state index contributed by atoms with van der Waals surface area (Å²) >= 11 is 0. The molecule has 1 aromatic carbocycles. The Labute approximate surface area is 205 Å². The first-order chi connectivity index (χ1) is 14.6. The molecule has 2 fully saturated rings. The van der Waals surface area contributed by atoms with Crippen LogP contribution >= 0.6 is 24.0 Å². The van der Waals surface area contributed by atoms with Gasteiger partial charge in [-0.05, 0) is 55.8 Å². The number of likely N-dealkylation sites (tertiary alicyclic amines) is 1. The van der Waals surface area contributed by atoms with Gasteiger partial charge in [0.15, 0.2) is 5.96 Å². The van der Waals surface area contributed by atoms with Gasteiger partial charge in [-0.3, -0.25) is 14.7 Å². The Morgan fingerprint density at radius 3 is 2.42 bits per heavy atom. The fourth-order valence-corrected chi connectivity index (χ4v) is 4.71. The number of amides is 1. The summed E-state index contributed by atoms with van der Waals surface area (Å²) in [6, 6.07) is 8.38. The van der Waals surface area contributed by atoms with E-state index in [1.807, 2.05) is 31.3 Å². The highest BCUT2D eigenvalue weighted by atomic mass is 127. The highest BCUT2D eigenvalue weighted by molar-refractivity contribution is 14.0. The molecule has 3 rings (SSSR count). The molecule has 2 aliphatic rings. The van der Waals surface area contributed by atoms with Crippen LogP contribution in [0.5, 0.6) is 0 Å². The van der Waals surface area contributed by atoms with Crippen LogP contribution in [-0.4, -0.2) is 68.5 Å². The largest absolute Gasteiger partial charge is 0.355 e. The lowest BCUT2D eigenvalue weighted by Crippen LogP contribution is -2.45. The quantitative estimate of drug-likeness (QED) is 0.314. The minimum Gasteiger partial charge on any atom is -0.355 e. The molecule has 0 aromatic heterocycles. The monoisotopic (exact) mass is 541 g/mol. The number of aliphatic imine (C=N–C) groups is 1. The number of nitrogens with zero attached hydrogens (tertiary/aromatic N) is 3. The van der Waals surface area contributed by atoms with Gasteiger partial charge in [-0.1, -0.05) is 31.4 Å². The van der Waals surface area contributed by atoms with Gasteiger partial charge in [0.1, 0.15) is 0 Å².